The summed E-state index contributed by atoms with van der Waals surface area (Å²) in [5.74, 6) is 0.136. The number of amides is 1. The van der Waals surface area contributed by atoms with Crippen LogP contribution in [0.15, 0.2) is 29.2 Å². The number of nitrogens with one attached hydrogen (secondary N) is 1. The average Bonchev–Trinajstić information content (AvgIpc) is 2.81. The van der Waals surface area contributed by atoms with Gasteiger partial charge in [-0.3, -0.25) is 4.79 Å². The van der Waals surface area contributed by atoms with Gasteiger partial charge in [-0.2, -0.15) is 0 Å². The lowest BCUT2D eigenvalue weighted by Gasteiger charge is -2.09. The highest BCUT2D eigenvalue weighted by atomic mass is 32.2. The first-order valence-corrected chi connectivity index (χ1v) is 7.76. The molecule has 0 radical (unpaired) electrons. The highest BCUT2D eigenvalue weighted by Gasteiger charge is 2.27. The Morgan fingerprint density at radius 1 is 1.42 bits per heavy atom. The lowest BCUT2D eigenvalue weighted by Crippen LogP contribution is -2.33. The maximum Gasteiger partial charge on any atom is 0.233 e. The Labute approximate surface area is 123 Å². The molecule has 0 spiro atoms. The lowest BCUT2D eigenvalue weighted by atomic mass is 10.1. The number of thioether (sulfide) groups is 1. The van der Waals surface area contributed by atoms with Crippen LogP contribution in [0.5, 0.6) is 0 Å². The topological polar surface area (TPSA) is 55.1 Å². The maximum absolute atomic E-state index is 12.0. The number of carbonyl (C=O) groups excluding carboxylic acids is 1. The van der Waals surface area contributed by atoms with E-state index >= 15 is 0 Å². The summed E-state index contributed by atoms with van der Waals surface area (Å²) < 4.78 is 0. The van der Waals surface area contributed by atoms with Crippen molar-refractivity contribution in [3.05, 3.63) is 29.8 Å². The summed E-state index contributed by atoms with van der Waals surface area (Å²) >= 11 is 6.47. The van der Waals surface area contributed by atoms with Crippen LogP contribution in [0.4, 0.5) is 0 Å². The number of thiocarbonyl (C=S) groups is 1. The number of hydrogen-bond acceptors (Lipinski definition) is 3. The standard InChI is InChI=1S/C14H18N2OS2/c15-13(18)7-3-4-8-16-14(17)12-9-10-5-1-2-6-11(10)19-12/h1-2,5-6,12H,3-4,7-9H2,(H2,15,18)(H,16,17). The Morgan fingerprint density at radius 2 is 2.21 bits per heavy atom. The van der Waals surface area contributed by atoms with Gasteiger partial charge in [-0.1, -0.05) is 30.4 Å². The maximum atomic E-state index is 12.0. The van der Waals surface area contributed by atoms with Crippen LogP contribution in [0, 0.1) is 0 Å². The van der Waals surface area contributed by atoms with Gasteiger partial charge in [0.1, 0.15) is 0 Å². The lowest BCUT2D eigenvalue weighted by molar-refractivity contribution is -0.120. The minimum absolute atomic E-state index is 0.0213. The summed E-state index contributed by atoms with van der Waals surface area (Å²) in [7, 11) is 0. The van der Waals surface area contributed by atoms with Crippen molar-refractivity contribution in [3.63, 3.8) is 0 Å². The smallest absolute Gasteiger partial charge is 0.233 e. The zero-order valence-corrected chi connectivity index (χ0v) is 12.4. The Bertz CT molecular complexity index is 451. The van der Waals surface area contributed by atoms with Crippen LogP contribution in [-0.2, 0) is 11.2 Å². The fourth-order valence-electron chi connectivity index (χ4n) is 2.08. The number of carbonyl (C=O) groups is 1. The van der Waals surface area contributed by atoms with Gasteiger partial charge >= 0.3 is 0 Å². The molecule has 1 aromatic carbocycles. The van der Waals surface area contributed by atoms with Crippen molar-refractivity contribution in [2.24, 2.45) is 5.73 Å². The van der Waals surface area contributed by atoms with Crippen LogP contribution in [0.3, 0.4) is 0 Å². The van der Waals surface area contributed by atoms with E-state index in [1.54, 1.807) is 11.8 Å². The highest BCUT2D eigenvalue weighted by Crippen LogP contribution is 2.36. The average molecular weight is 294 g/mol. The summed E-state index contributed by atoms with van der Waals surface area (Å²) in [5.41, 5.74) is 6.70. The molecule has 1 unspecified atom stereocenters. The summed E-state index contributed by atoms with van der Waals surface area (Å²) in [6.07, 6.45) is 3.45. The first-order chi connectivity index (χ1) is 9.16. The van der Waals surface area contributed by atoms with Crippen molar-refractivity contribution in [3.8, 4) is 0 Å². The molecule has 0 saturated carbocycles. The quantitative estimate of drug-likeness (QED) is 0.624. The van der Waals surface area contributed by atoms with E-state index in [-0.39, 0.29) is 11.2 Å². The van der Waals surface area contributed by atoms with Crippen molar-refractivity contribution in [1.82, 2.24) is 5.32 Å². The van der Waals surface area contributed by atoms with Crippen LogP contribution >= 0.6 is 24.0 Å². The van der Waals surface area contributed by atoms with Gasteiger partial charge in [0.15, 0.2) is 0 Å². The Balaban J connectivity index is 1.70. The van der Waals surface area contributed by atoms with Crippen LogP contribution in [-0.4, -0.2) is 22.7 Å². The van der Waals surface area contributed by atoms with Crippen molar-refractivity contribution in [1.29, 1.82) is 0 Å². The third-order valence-corrected chi connectivity index (χ3v) is 4.61. The van der Waals surface area contributed by atoms with E-state index < -0.39 is 0 Å². The third-order valence-electron chi connectivity index (χ3n) is 3.09. The summed E-state index contributed by atoms with van der Waals surface area (Å²) in [5, 5.41) is 3.01. The molecule has 0 aliphatic carbocycles. The van der Waals surface area contributed by atoms with Gasteiger partial charge in [-0.25, -0.2) is 0 Å². The monoisotopic (exact) mass is 294 g/mol. The molecule has 0 bridgehead atoms. The van der Waals surface area contributed by atoms with E-state index in [1.807, 2.05) is 12.1 Å². The Kier molecular flexibility index (Phi) is 5.22. The molecule has 1 aliphatic rings. The van der Waals surface area contributed by atoms with Gasteiger partial charge in [0.25, 0.3) is 0 Å². The van der Waals surface area contributed by atoms with Gasteiger partial charge < -0.3 is 11.1 Å². The van der Waals surface area contributed by atoms with E-state index in [0.29, 0.717) is 11.5 Å². The Hall–Kier alpha value is -1.07. The molecule has 1 heterocycles. The second-order valence-electron chi connectivity index (χ2n) is 4.63. The molecule has 1 aliphatic heterocycles. The largest absolute Gasteiger partial charge is 0.393 e. The van der Waals surface area contributed by atoms with Crippen LogP contribution in [0.1, 0.15) is 24.8 Å². The van der Waals surface area contributed by atoms with E-state index in [1.165, 1.54) is 10.5 Å². The van der Waals surface area contributed by atoms with Gasteiger partial charge in [0, 0.05) is 11.4 Å². The van der Waals surface area contributed by atoms with E-state index in [4.69, 9.17) is 18.0 Å². The number of rotatable bonds is 6. The number of benzene rings is 1. The van der Waals surface area contributed by atoms with Crippen molar-refractivity contribution < 1.29 is 4.79 Å². The van der Waals surface area contributed by atoms with Crippen molar-refractivity contribution in [2.75, 3.05) is 6.54 Å². The summed E-state index contributed by atoms with van der Waals surface area (Å²) in [6.45, 7) is 0.703. The fraction of sp³-hybridized carbons (Fsp3) is 0.429. The van der Waals surface area contributed by atoms with E-state index in [2.05, 4.69) is 17.4 Å². The molecule has 102 valence electrons. The fourth-order valence-corrected chi connectivity index (χ4v) is 3.44. The molecule has 1 atom stereocenters. The molecule has 2 rings (SSSR count). The zero-order chi connectivity index (χ0) is 13.7. The number of fused-ring (bicyclic) bond motifs is 1. The molecule has 0 fully saturated rings. The molecular formula is C14H18N2OS2. The normalized spacial score (nSPS) is 16.9. The van der Waals surface area contributed by atoms with Crippen LogP contribution in [0.25, 0.3) is 0 Å². The molecule has 3 N–H and O–H groups in total. The predicted octanol–water partition coefficient (Wildman–Crippen LogP) is 2.28. The molecule has 5 heteroatoms. The number of unbranched alkanes of at least 4 members (excludes halogenated alkanes) is 1. The van der Waals surface area contributed by atoms with Gasteiger partial charge in [-0.15, -0.1) is 11.8 Å². The number of nitrogens with two attached hydrogens (primary N) is 1. The van der Waals surface area contributed by atoms with Crippen molar-refractivity contribution >= 4 is 34.9 Å². The van der Waals surface area contributed by atoms with E-state index in [9.17, 15) is 4.79 Å². The second-order valence-corrected chi connectivity index (χ2v) is 6.40. The third kappa shape index (κ3) is 4.21. The van der Waals surface area contributed by atoms with Crippen molar-refractivity contribution in [2.45, 2.75) is 35.8 Å². The van der Waals surface area contributed by atoms with E-state index in [0.717, 1.165) is 25.7 Å². The first-order valence-electron chi connectivity index (χ1n) is 6.47. The molecule has 1 aromatic rings. The zero-order valence-electron chi connectivity index (χ0n) is 10.7. The Morgan fingerprint density at radius 3 is 2.95 bits per heavy atom. The highest BCUT2D eigenvalue weighted by molar-refractivity contribution is 8.01. The molecule has 1 amide bonds. The summed E-state index contributed by atoms with van der Waals surface area (Å²) in [4.78, 5) is 13.8. The summed E-state index contributed by atoms with van der Waals surface area (Å²) in [6, 6.07) is 8.21. The first kappa shape index (κ1) is 14.3. The molecular weight excluding hydrogens is 276 g/mol. The molecule has 0 saturated heterocycles. The minimum atomic E-state index is 0.0213. The predicted molar refractivity (Wildman–Crippen MR) is 83.4 cm³/mol. The number of hydrogen-bond donors (Lipinski definition) is 2. The van der Waals surface area contributed by atoms with Gasteiger partial charge in [0.2, 0.25) is 5.91 Å². The van der Waals surface area contributed by atoms with Gasteiger partial charge in [0.05, 0.1) is 10.2 Å². The SMILES string of the molecule is NC(=S)CCCCNC(=O)C1Cc2ccccc2S1. The van der Waals surface area contributed by atoms with Crippen LogP contribution in [0.2, 0.25) is 0 Å². The molecule has 3 nitrogen and oxygen atoms in total. The molecule has 0 aromatic heterocycles. The molecule has 19 heavy (non-hydrogen) atoms. The second kappa shape index (κ2) is 6.91. The van der Waals surface area contributed by atoms with Gasteiger partial charge in [-0.05, 0) is 37.3 Å². The minimum Gasteiger partial charge on any atom is -0.393 e. The van der Waals surface area contributed by atoms with Crippen LogP contribution < -0.4 is 11.1 Å².